The standard InChI is InChI=1S/C17H28N2S/c1-4-18-10-9-15-7-5-6-8-16(15)13-19-11-12-20-17(2,3)14-19/h5-8,18H,4,9-14H2,1-3H3. The Morgan fingerprint density at radius 2 is 2.00 bits per heavy atom. The van der Waals surface area contributed by atoms with Crippen molar-refractivity contribution < 1.29 is 0 Å². The summed E-state index contributed by atoms with van der Waals surface area (Å²) in [5, 5.41) is 3.42. The lowest BCUT2D eigenvalue weighted by Gasteiger charge is -2.37. The molecule has 1 heterocycles. The molecule has 1 N–H and O–H groups in total. The number of hydrogen-bond acceptors (Lipinski definition) is 3. The lowest BCUT2D eigenvalue weighted by atomic mass is 10.0. The summed E-state index contributed by atoms with van der Waals surface area (Å²) in [6.45, 7) is 12.5. The van der Waals surface area contributed by atoms with Gasteiger partial charge in [-0.15, -0.1) is 0 Å². The minimum atomic E-state index is 0.400. The van der Waals surface area contributed by atoms with E-state index in [0.29, 0.717) is 4.75 Å². The summed E-state index contributed by atoms with van der Waals surface area (Å²) in [6.07, 6.45) is 1.13. The van der Waals surface area contributed by atoms with Crippen LogP contribution in [0.1, 0.15) is 31.9 Å². The Balaban J connectivity index is 1.97. The molecule has 1 aromatic carbocycles. The van der Waals surface area contributed by atoms with Crippen LogP contribution in [0.3, 0.4) is 0 Å². The molecule has 20 heavy (non-hydrogen) atoms. The topological polar surface area (TPSA) is 15.3 Å². The molecule has 1 aromatic rings. The summed E-state index contributed by atoms with van der Waals surface area (Å²) in [7, 11) is 0. The van der Waals surface area contributed by atoms with E-state index >= 15 is 0 Å². The quantitative estimate of drug-likeness (QED) is 0.811. The second kappa shape index (κ2) is 7.48. The Labute approximate surface area is 128 Å². The third-order valence-electron chi connectivity index (χ3n) is 3.84. The van der Waals surface area contributed by atoms with Crippen molar-refractivity contribution in [3.63, 3.8) is 0 Å². The zero-order valence-electron chi connectivity index (χ0n) is 13.1. The van der Waals surface area contributed by atoms with E-state index in [0.717, 1.165) is 26.1 Å². The van der Waals surface area contributed by atoms with Crippen molar-refractivity contribution in [2.24, 2.45) is 0 Å². The first-order valence-corrected chi connectivity index (χ1v) is 8.73. The van der Waals surface area contributed by atoms with Gasteiger partial charge in [-0.1, -0.05) is 31.2 Å². The minimum absolute atomic E-state index is 0.400. The van der Waals surface area contributed by atoms with Crippen LogP contribution in [0.5, 0.6) is 0 Å². The fourth-order valence-electron chi connectivity index (χ4n) is 2.85. The van der Waals surface area contributed by atoms with Gasteiger partial charge in [0.2, 0.25) is 0 Å². The van der Waals surface area contributed by atoms with Gasteiger partial charge >= 0.3 is 0 Å². The van der Waals surface area contributed by atoms with E-state index in [4.69, 9.17) is 0 Å². The maximum Gasteiger partial charge on any atom is 0.0237 e. The summed E-state index contributed by atoms with van der Waals surface area (Å²) >= 11 is 2.10. The number of rotatable bonds is 6. The lowest BCUT2D eigenvalue weighted by Crippen LogP contribution is -2.42. The van der Waals surface area contributed by atoms with Gasteiger partial charge in [0.15, 0.2) is 0 Å². The highest BCUT2D eigenvalue weighted by molar-refractivity contribution is 8.00. The number of likely N-dealkylation sites (N-methyl/N-ethyl adjacent to an activating group) is 1. The Morgan fingerprint density at radius 1 is 1.25 bits per heavy atom. The Bertz CT molecular complexity index is 417. The molecule has 0 saturated carbocycles. The van der Waals surface area contributed by atoms with Gasteiger partial charge in [0.25, 0.3) is 0 Å². The predicted molar refractivity (Wildman–Crippen MR) is 90.5 cm³/mol. The number of nitrogens with zero attached hydrogens (tertiary/aromatic N) is 1. The maximum absolute atomic E-state index is 3.42. The average Bonchev–Trinajstić information content (AvgIpc) is 2.40. The summed E-state index contributed by atoms with van der Waals surface area (Å²) < 4.78 is 0.400. The first-order valence-electron chi connectivity index (χ1n) is 7.74. The molecule has 0 bridgehead atoms. The van der Waals surface area contributed by atoms with E-state index in [2.05, 4.69) is 67.0 Å². The van der Waals surface area contributed by atoms with Crippen LogP contribution < -0.4 is 5.32 Å². The largest absolute Gasteiger partial charge is 0.317 e. The van der Waals surface area contributed by atoms with Gasteiger partial charge in [0, 0.05) is 30.1 Å². The number of hydrogen-bond donors (Lipinski definition) is 1. The molecule has 0 aromatic heterocycles. The van der Waals surface area contributed by atoms with Crippen molar-refractivity contribution in [2.45, 2.75) is 38.5 Å². The summed E-state index contributed by atoms with van der Waals surface area (Å²) in [5.41, 5.74) is 3.01. The van der Waals surface area contributed by atoms with Gasteiger partial charge in [-0.3, -0.25) is 4.90 Å². The lowest BCUT2D eigenvalue weighted by molar-refractivity contribution is 0.252. The molecule has 2 nitrogen and oxygen atoms in total. The van der Waals surface area contributed by atoms with Crippen LogP contribution in [-0.2, 0) is 13.0 Å². The molecule has 0 spiro atoms. The van der Waals surface area contributed by atoms with Gasteiger partial charge < -0.3 is 5.32 Å². The molecule has 0 amide bonds. The molecule has 1 aliphatic heterocycles. The second-order valence-electron chi connectivity index (χ2n) is 6.19. The third kappa shape index (κ3) is 4.80. The molecule has 1 saturated heterocycles. The smallest absolute Gasteiger partial charge is 0.0237 e. The number of thioether (sulfide) groups is 1. The number of nitrogens with one attached hydrogen (secondary N) is 1. The minimum Gasteiger partial charge on any atom is -0.317 e. The molecular weight excluding hydrogens is 264 g/mol. The fourth-order valence-corrected chi connectivity index (χ4v) is 4.02. The summed E-state index contributed by atoms with van der Waals surface area (Å²) in [4.78, 5) is 2.61. The molecule has 1 fully saturated rings. The van der Waals surface area contributed by atoms with Crippen LogP contribution in [0.15, 0.2) is 24.3 Å². The van der Waals surface area contributed by atoms with Gasteiger partial charge in [-0.05, 0) is 44.5 Å². The Morgan fingerprint density at radius 3 is 2.70 bits per heavy atom. The molecule has 1 aliphatic rings. The fraction of sp³-hybridized carbons (Fsp3) is 0.647. The van der Waals surface area contributed by atoms with E-state index in [1.807, 2.05) is 0 Å². The zero-order chi connectivity index (χ0) is 14.4. The SMILES string of the molecule is CCNCCc1ccccc1CN1CCSC(C)(C)C1. The molecule has 2 rings (SSSR count). The molecular formula is C17H28N2S. The van der Waals surface area contributed by atoms with Crippen LogP contribution in [-0.4, -0.2) is 41.6 Å². The third-order valence-corrected chi connectivity index (χ3v) is 5.14. The molecule has 0 atom stereocenters. The number of benzene rings is 1. The van der Waals surface area contributed by atoms with E-state index in [1.54, 1.807) is 0 Å². The first-order chi connectivity index (χ1) is 9.61. The summed E-state index contributed by atoms with van der Waals surface area (Å²) in [5.74, 6) is 1.26. The van der Waals surface area contributed by atoms with Crippen molar-refractivity contribution in [3.05, 3.63) is 35.4 Å². The van der Waals surface area contributed by atoms with E-state index in [9.17, 15) is 0 Å². The van der Waals surface area contributed by atoms with Crippen molar-refractivity contribution in [1.29, 1.82) is 0 Å². The van der Waals surface area contributed by atoms with Crippen LogP contribution in [0.25, 0.3) is 0 Å². The summed E-state index contributed by atoms with van der Waals surface area (Å²) in [6, 6.07) is 8.93. The van der Waals surface area contributed by atoms with Crippen LogP contribution in [0.4, 0.5) is 0 Å². The highest BCUT2D eigenvalue weighted by Gasteiger charge is 2.27. The highest BCUT2D eigenvalue weighted by atomic mass is 32.2. The molecule has 3 heteroatoms. The second-order valence-corrected chi connectivity index (χ2v) is 7.99. The van der Waals surface area contributed by atoms with Crippen LogP contribution >= 0.6 is 11.8 Å². The van der Waals surface area contributed by atoms with Crippen LogP contribution in [0, 0.1) is 0 Å². The normalized spacial score (nSPS) is 19.1. The van der Waals surface area contributed by atoms with Crippen LogP contribution in [0.2, 0.25) is 0 Å². The van der Waals surface area contributed by atoms with E-state index < -0.39 is 0 Å². The average molecular weight is 292 g/mol. The Kier molecular flexibility index (Phi) is 5.94. The zero-order valence-corrected chi connectivity index (χ0v) is 13.9. The maximum atomic E-state index is 3.42. The van der Waals surface area contributed by atoms with Gasteiger partial charge in [-0.25, -0.2) is 0 Å². The Hall–Kier alpha value is -0.510. The highest BCUT2D eigenvalue weighted by Crippen LogP contribution is 2.30. The first kappa shape index (κ1) is 15.9. The van der Waals surface area contributed by atoms with Crippen molar-refractivity contribution >= 4 is 11.8 Å². The van der Waals surface area contributed by atoms with E-state index in [1.165, 1.54) is 30.0 Å². The molecule has 0 aliphatic carbocycles. The van der Waals surface area contributed by atoms with Crippen molar-refractivity contribution in [2.75, 3.05) is 31.9 Å². The monoisotopic (exact) mass is 292 g/mol. The van der Waals surface area contributed by atoms with Crippen molar-refractivity contribution in [3.8, 4) is 0 Å². The van der Waals surface area contributed by atoms with Crippen molar-refractivity contribution in [1.82, 2.24) is 10.2 Å². The van der Waals surface area contributed by atoms with Gasteiger partial charge in [0.05, 0.1) is 0 Å². The van der Waals surface area contributed by atoms with E-state index in [-0.39, 0.29) is 0 Å². The molecule has 0 unspecified atom stereocenters. The molecule has 112 valence electrons. The molecule has 0 radical (unpaired) electrons. The van der Waals surface area contributed by atoms with Gasteiger partial charge in [0.1, 0.15) is 0 Å². The predicted octanol–water partition coefficient (Wildman–Crippen LogP) is 3.17. The van der Waals surface area contributed by atoms with Gasteiger partial charge in [-0.2, -0.15) is 11.8 Å².